The fraction of sp³-hybridized carbons (Fsp3) is 0.188. The lowest BCUT2D eigenvalue weighted by molar-refractivity contribution is 0.252. The van der Waals surface area contributed by atoms with Crippen LogP contribution in [0.15, 0.2) is 42.9 Å². The highest BCUT2D eigenvalue weighted by molar-refractivity contribution is 5.92. The van der Waals surface area contributed by atoms with Crippen LogP contribution in [-0.4, -0.2) is 27.5 Å². The van der Waals surface area contributed by atoms with Gasteiger partial charge in [-0.1, -0.05) is 18.2 Å². The minimum absolute atomic E-state index is 0.249. The maximum Gasteiger partial charge on any atom is 0.320 e. The summed E-state index contributed by atoms with van der Waals surface area (Å²) in [4.78, 5) is 23.2. The van der Waals surface area contributed by atoms with Crippen molar-refractivity contribution in [3.8, 4) is 0 Å². The number of fused-ring (bicyclic) bond motifs is 1. The van der Waals surface area contributed by atoms with E-state index in [1.165, 1.54) is 0 Å². The molecule has 1 aromatic carbocycles. The lowest BCUT2D eigenvalue weighted by Gasteiger charge is -2.08. The molecule has 0 bridgehead atoms. The summed E-state index contributed by atoms with van der Waals surface area (Å²) in [5.74, 6) is 1.45. The normalized spacial score (nSPS) is 10.6. The molecule has 0 fully saturated rings. The number of nitrogens with zero attached hydrogens (tertiary/aromatic N) is 2. The number of nitrogens with one attached hydrogen (secondary N) is 3. The number of pyridine rings is 1. The average Bonchev–Trinajstić information content (AvgIpc) is 3.00. The van der Waals surface area contributed by atoms with E-state index in [4.69, 9.17) is 0 Å². The van der Waals surface area contributed by atoms with Crippen LogP contribution in [0.4, 0.5) is 10.6 Å². The van der Waals surface area contributed by atoms with E-state index in [0.29, 0.717) is 12.4 Å². The Bertz CT molecular complexity index is 782. The molecule has 2 amide bonds. The molecular formula is C16H17N5O. The van der Waals surface area contributed by atoms with E-state index in [-0.39, 0.29) is 6.03 Å². The molecule has 0 atom stereocenters. The molecular weight excluding hydrogens is 278 g/mol. The van der Waals surface area contributed by atoms with Crippen molar-refractivity contribution in [3.05, 3.63) is 54.2 Å². The maximum absolute atomic E-state index is 11.6. The number of hydrogen-bond acceptors (Lipinski definition) is 3. The second kappa shape index (κ2) is 6.26. The largest absolute Gasteiger partial charge is 0.348 e. The molecule has 0 saturated carbocycles. The SMILES string of the molecule is CCNC(=O)Nc1cc2cccc(Cc3ncc[nH]3)c2cn1. The Morgan fingerprint density at radius 1 is 1.32 bits per heavy atom. The number of anilines is 1. The van der Waals surface area contributed by atoms with Gasteiger partial charge in [0.25, 0.3) is 0 Å². The molecule has 2 aromatic heterocycles. The smallest absolute Gasteiger partial charge is 0.320 e. The Morgan fingerprint density at radius 2 is 2.23 bits per heavy atom. The van der Waals surface area contributed by atoms with Crippen molar-refractivity contribution in [2.75, 3.05) is 11.9 Å². The lowest BCUT2D eigenvalue weighted by atomic mass is 10.0. The first kappa shape index (κ1) is 14.1. The molecule has 6 heteroatoms. The summed E-state index contributed by atoms with van der Waals surface area (Å²) in [5.41, 5.74) is 1.14. The van der Waals surface area contributed by atoms with Crippen LogP contribution in [0.1, 0.15) is 18.3 Å². The monoisotopic (exact) mass is 295 g/mol. The van der Waals surface area contributed by atoms with Crippen LogP contribution in [0.2, 0.25) is 0 Å². The summed E-state index contributed by atoms with van der Waals surface area (Å²) in [7, 11) is 0. The van der Waals surface area contributed by atoms with Crippen LogP contribution in [-0.2, 0) is 6.42 Å². The highest BCUT2D eigenvalue weighted by Crippen LogP contribution is 2.22. The summed E-state index contributed by atoms with van der Waals surface area (Å²) in [6.45, 7) is 2.45. The van der Waals surface area contributed by atoms with Crippen LogP contribution >= 0.6 is 0 Å². The number of H-pyrrole nitrogens is 1. The number of rotatable bonds is 4. The molecule has 3 N–H and O–H groups in total. The minimum Gasteiger partial charge on any atom is -0.348 e. The molecule has 6 nitrogen and oxygen atoms in total. The number of carbonyl (C=O) groups is 1. The fourth-order valence-electron chi connectivity index (χ4n) is 2.35. The van der Waals surface area contributed by atoms with E-state index in [1.54, 1.807) is 12.4 Å². The Labute approximate surface area is 128 Å². The van der Waals surface area contributed by atoms with Crippen molar-refractivity contribution in [1.29, 1.82) is 0 Å². The Hall–Kier alpha value is -2.89. The summed E-state index contributed by atoms with van der Waals surface area (Å²) in [6.07, 6.45) is 6.06. The van der Waals surface area contributed by atoms with Crippen molar-refractivity contribution in [2.24, 2.45) is 0 Å². The lowest BCUT2D eigenvalue weighted by Crippen LogP contribution is -2.28. The molecule has 0 aliphatic carbocycles. The van der Waals surface area contributed by atoms with Crippen molar-refractivity contribution < 1.29 is 4.79 Å². The molecule has 0 unspecified atom stereocenters. The van der Waals surface area contributed by atoms with E-state index in [1.807, 2.05) is 31.3 Å². The van der Waals surface area contributed by atoms with Crippen molar-refractivity contribution in [3.63, 3.8) is 0 Å². The van der Waals surface area contributed by atoms with Gasteiger partial charge < -0.3 is 10.3 Å². The highest BCUT2D eigenvalue weighted by atomic mass is 16.2. The topological polar surface area (TPSA) is 82.7 Å². The molecule has 0 aliphatic rings. The second-order valence-corrected chi connectivity index (χ2v) is 4.90. The fourth-order valence-corrected chi connectivity index (χ4v) is 2.35. The molecule has 0 radical (unpaired) electrons. The summed E-state index contributed by atoms with van der Waals surface area (Å²) in [5, 5.41) is 7.49. The van der Waals surface area contributed by atoms with Crippen molar-refractivity contribution >= 4 is 22.6 Å². The molecule has 3 aromatic rings. The van der Waals surface area contributed by atoms with E-state index in [0.717, 1.165) is 28.6 Å². The van der Waals surface area contributed by atoms with Gasteiger partial charge in [-0.25, -0.2) is 14.8 Å². The highest BCUT2D eigenvalue weighted by Gasteiger charge is 2.07. The minimum atomic E-state index is -0.249. The number of hydrogen-bond donors (Lipinski definition) is 3. The molecule has 112 valence electrons. The van der Waals surface area contributed by atoms with E-state index in [2.05, 4.69) is 31.7 Å². The maximum atomic E-state index is 11.6. The van der Waals surface area contributed by atoms with E-state index in [9.17, 15) is 4.79 Å². The van der Waals surface area contributed by atoms with Gasteiger partial charge in [0.2, 0.25) is 0 Å². The molecule has 22 heavy (non-hydrogen) atoms. The Balaban J connectivity index is 1.88. The standard InChI is InChI=1S/C16H17N5O/c1-2-17-16(22)21-15-9-12-5-3-4-11(13(12)10-20-15)8-14-18-6-7-19-14/h3-7,9-10H,2,8H2,1H3,(H,18,19)(H2,17,20,21,22). The van der Waals surface area contributed by atoms with Crippen molar-refractivity contribution in [1.82, 2.24) is 20.3 Å². The zero-order valence-electron chi connectivity index (χ0n) is 12.3. The number of imidazole rings is 1. The zero-order valence-corrected chi connectivity index (χ0v) is 12.3. The number of carbonyl (C=O) groups excluding carboxylic acids is 1. The Morgan fingerprint density at radius 3 is 3.00 bits per heavy atom. The number of aromatic amines is 1. The van der Waals surface area contributed by atoms with E-state index < -0.39 is 0 Å². The van der Waals surface area contributed by atoms with Crippen molar-refractivity contribution in [2.45, 2.75) is 13.3 Å². The average molecular weight is 295 g/mol. The summed E-state index contributed by atoms with van der Waals surface area (Å²) >= 11 is 0. The predicted molar refractivity (Wildman–Crippen MR) is 85.8 cm³/mol. The summed E-state index contributed by atoms with van der Waals surface area (Å²) < 4.78 is 0. The number of benzene rings is 1. The predicted octanol–water partition coefficient (Wildman–Crippen LogP) is 2.69. The van der Waals surface area contributed by atoms with Gasteiger partial charge in [0.05, 0.1) is 0 Å². The van der Waals surface area contributed by atoms with Gasteiger partial charge in [0.15, 0.2) is 0 Å². The molecule has 0 spiro atoms. The molecule has 0 aliphatic heterocycles. The summed E-state index contributed by atoms with van der Waals surface area (Å²) in [6, 6.07) is 7.68. The van der Waals surface area contributed by atoms with Gasteiger partial charge in [0, 0.05) is 36.9 Å². The van der Waals surface area contributed by atoms with Gasteiger partial charge in [-0.05, 0) is 23.9 Å². The van der Waals surface area contributed by atoms with Crippen LogP contribution in [0, 0.1) is 0 Å². The molecule has 3 rings (SSSR count). The van der Waals surface area contributed by atoms with Crippen LogP contribution < -0.4 is 10.6 Å². The first-order valence-corrected chi connectivity index (χ1v) is 7.17. The van der Waals surface area contributed by atoms with Crippen LogP contribution in [0.25, 0.3) is 10.8 Å². The molecule has 0 saturated heterocycles. The van der Waals surface area contributed by atoms with Crippen LogP contribution in [0.5, 0.6) is 0 Å². The quantitative estimate of drug-likeness (QED) is 0.692. The number of urea groups is 1. The third-order valence-electron chi connectivity index (χ3n) is 3.35. The second-order valence-electron chi connectivity index (χ2n) is 4.90. The first-order chi connectivity index (χ1) is 10.8. The van der Waals surface area contributed by atoms with Gasteiger partial charge >= 0.3 is 6.03 Å². The number of aromatic nitrogens is 3. The zero-order chi connectivity index (χ0) is 15.4. The van der Waals surface area contributed by atoms with Gasteiger partial charge in [-0.3, -0.25) is 5.32 Å². The molecule has 2 heterocycles. The van der Waals surface area contributed by atoms with Gasteiger partial charge in [0.1, 0.15) is 11.6 Å². The third kappa shape index (κ3) is 3.06. The third-order valence-corrected chi connectivity index (χ3v) is 3.35. The van der Waals surface area contributed by atoms with Gasteiger partial charge in [-0.2, -0.15) is 0 Å². The Kier molecular flexibility index (Phi) is 4.00. The number of amides is 2. The van der Waals surface area contributed by atoms with Gasteiger partial charge in [-0.15, -0.1) is 0 Å². The van der Waals surface area contributed by atoms with Crippen LogP contribution in [0.3, 0.4) is 0 Å². The first-order valence-electron chi connectivity index (χ1n) is 7.17. The van der Waals surface area contributed by atoms with E-state index >= 15 is 0 Å².